The molecule has 0 radical (unpaired) electrons. The predicted octanol–water partition coefficient (Wildman–Crippen LogP) is 5.16. The lowest BCUT2D eigenvalue weighted by atomic mass is 10.1. The molecule has 1 heterocycles. The Labute approximate surface area is 190 Å². The fourth-order valence-electron chi connectivity index (χ4n) is 3.73. The van der Waals surface area contributed by atoms with E-state index in [4.69, 9.17) is 0 Å². The summed E-state index contributed by atoms with van der Waals surface area (Å²) in [5.41, 5.74) is 3.42. The number of carbonyl (C=O) groups excluding carboxylic acids is 1. The highest BCUT2D eigenvalue weighted by molar-refractivity contribution is 5.94. The first-order valence-electron chi connectivity index (χ1n) is 10.7. The number of ether oxygens (including phenoxy) is 1. The van der Waals surface area contributed by atoms with E-state index >= 15 is 0 Å². The summed E-state index contributed by atoms with van der Waals surface area (Å²) in [7, 11) is 0. The smallest absolute Gasteiger partial charge is 0.406 e. The van der Waals surface area contributed by atoms with E-state index in [2.05, 4.69) is 27.1 Å². The van der Waals surface area contributed by atoms with Crippen molar-refractivity contribution >= 4 is 17.3 Å². The highest BCUT2D eigenvalue weighted by Gasteiger charge is 2.31. The minimum Gasteiger partial charge on any atom is -0.406 e. The molecule has 0 bridgehead atoms. The van der Waals surface area contributed by atoms with Crippen molar-refractivity contribution in [3.05, 3.63) is 90.0 Å². The van der Waals surface area contributed by atoms with Gasteiger partial charge in [-0.2, -0.15) is 0 Å². The summed E-state index contributed by atoms with van der Waals surface area (Å²) in [6.45, 7) is 3.36. The third-order valence-electron chi connectivity index (χ3n) is 5.47. The summed E-state index contributed by atoms with van der Waals surface area (Å²) in [6, 6.07) is 23.1. The molecule has 1 fully saturated rings. The fourth-order valence-corrected chi connectivity index (χ4v) is 3.73. The maximum Gasteiger partial charge on any atom is 0.573 e. The number of hydrogen-bond acceptors (Lipinski definition) is 4. The molecule has 1 aliphatic rings. The molecular formula is C25H24F3N3O2. The molecule has 3 aromatic carbocycles. The molecule has 172 valence electrons. The highest BCUT2D eigenvalue weighted by Crippen LogP contribution is 2.23. The van der Waals surface area contributed by atoms with Crippen molar-refractivity contribution in [1.29, 1.82) is 0 Å². The summed E-state index contributed by atoms with van der Waals surface area (Å²) < 4.78 is 40.6. The zero-order chi connectivity index (χ0) is 23.3. The van der Waals surface area contributed by atoms with Gasteiger partial charge in [0.15, 0.2) is 0 Å². The van der Waals surface area contributed by atoms with Crippen LogP contribution in [0.15, 0.2) is 78.9 Å². The number of para-hydroxylation sites is 1. The maximum atomic E-state index is 12.9. The van der Waals surface area contributed by atoms with Crippen LogP contribution in [0.25, 0.3) is 0 Å². The summed E-state index contributed by atoms with van der Waals surface area (Å²) in [5, 5.41) is 3.20. The van der Waals surface area contributed by atoms with Crippen LogP contribution >= 0.6 is 0 Å². The van der Waals surface area contributed by atoms with Gasteiger partial charge in [0.1, 0.15) is 5.75 Å². The number of benzene rings is 3. The molecule has 5 nitrogen and oxygen atoms in total. The standard InChI is InChI=1S/C25H24F3N3O2/c26-25(27,28)33-23-12-6-19(7-13-23)18-29-21-10-8-20(9-11-21)24(32)31-16-14-30(15-17-31)22-4-2-1-3-5-22/h1-13,29H,14-18H2. The van der Waals surface area contributed by atoms with Crippen LogP contribution in [0.3, 0.4) is 0 Å². The van der Waals surface area contributed by atoms with Gasteiger partial charge in [0.2, 0.25) is 0 Å². The van der Waals surface area contributed by atoms with E-state index in [1.165, 1.54) is 17.8 Å². The molecule has 3 aromatic rings. The van der Waals surface area contributed by atoms with E-state index in [9.17, 15) is 18.0 Å². The maximum absolute atomic E-state index is 12.9. The Kier molecular flexibility index (Phi) is 6.72. The zero-order valence-corrected chi connectivity index (χ0v) is 17.9. The normalized spacial score (nSPS) is 14.2. The van der Waals surface area contributed by atoms with E-state index in [0.717, 1.165) is 24.3 Å². The van der Waals surface area contributed by atoms with Gasteiger partial charge in [0.25, 0.3) is 5.91 Å². The molecule has 4 rings (SSSR count). The summed E-state index contributed by atoms with van der Waals surface area (Å²) in [4.78, 5) is 17.0. The van der Waals surface area contributed by atoms with Crippen molar-refractivity contribution in [3.8, 4) is 5.75 Å². The summed E-state index contributed by atoms with van der Waals surface area (Å²) >= 11 is 0. The van der Waals surface area contributed by atoms with E-state index in [1.807, 2.05) is 35.2 Å². The van der Waals surface area contributed by atoms with Gasteiger partial charge in [-0.3, -0.25) is 4.79 Å². The lowest BCUT2D eigenvalue weighted by Crippen LogP contribution is -2.48. The average molecular weight is 455 g/mol. The van der Waals surface area contributed by atoms with Gasteiger partial charge in [-0.25, -0.2) is 0 Å². The Balaban J connectivity index is 1.27. The number of anilines is 2. The Morgan fingerprint density at radius 3 is 2.09 bits per heavy atom. The van der Waals surface area contributed by atoms with Crippen molar-refractivity contribution < 1.29 is 22.7 Å². The van der Waals surface area contributed by atoms with Gasteiger partial charge >= 0.3 is 6.36 Å². The Hall–Kier alpha value is -3.68. The van der Waals surface area contributed by atoms with Gasteiger partial charge in [0.05, 0.1) is 0 Å². The lowest BCUT2D eigenvalue weighted by Gasteiger charge is -2.36. The first-order chi connectivity index (χ1) is 15.9. The summed E-state index contributed by atoms with van der Waals surface area (Å²) in [5.74, 6) is -0.242. The molecule has 0 aromatic heterocycles. The van der Waals surface area contributed by atoms with E-state index in [-0.39, 0.29) is 11.7 Å². The van der Waals surface area contributed by atoms with Crippen LogP contribution in [-0.2, 0) is 6.54 Å². The minimum atomic E-state index is -4.70. The van der Waals surface area contributed by atoms with Crippen molar-refractivity contribution in [2.45, 2.75) is 12.9 Å². The van der Waals surface area contributed by atoms with E-state index in [0.29, 0.717) is 25.2 Å². The Morgan fingerprint density at radius 2 is 1.48 bits per heavy atom. The van der Waals surface area contributed by atoms with E-state index in [1.54, 1.807) is 24.3 Å². The molecule has 0 aliphatic carbocycles. The lowest BCUT2D eigenvalue weighted by molar-refractivity contribution is -0.274. The average Bonchev–Trinajstić information content (AvgIpc) is 2.83. The van der Waals surface area contributed by atoms with Gasteiger partial charge in [-0.1, -0.05) is 30.3 Å². The number of alkyl halides is 3. The molecule has 1 saturated heterocycles. The third-order valence-corrected chi connectivity index (χ3v) is 5.47. The third kappa shape index (κ3) is 6.19. The number of hydrogen-bond donors (Lipinski definition) is 1. The number of piperazine rings is 1. The number of carbonyl (C=O) groups is 1. The van der Waals surface area contributed by atoms with Gasteiger partial charge < -0.3 is 19.9 Å². The molecule has 33 heavy (non-hydrogen) atoms. The van der Waals surface area contributed by atoms with Gasteiger partial charge in [-0.15, -0.1) is 13.2 Å². The van der Waals surface area contributed by atoms with Crippen molar-refractivity contribution in [1.82, 2.24) is 4.90 Å². The molecule has 8 heteroatoms. The highest BCUT2D eigenvalue weighted by atomic mass is 19.4. The van der Waals surface area contributed by atoms with Crippen molar-refractivity contribution in [2.75, 3.05) is 36.4 Å². The molecular weight excluding hydrogens is 431 g/mol. The second-order valence-corrected chi connectivity index (χ2v) is 7.74. The number of nitrogens with zero attached hydrogens (tertiary/aromatic N) is 2. The summed E-state index contributed by atoms with van der Waals surface area (Å²) in [6.07, 6.45) is -4.70. The molecule has 0 spiro atoms. The fraction of sp³-hybridized carbons (Fsp3) is 0.240. The van der Waals surface area contributed by atoms with Crippen LogP contribution in [-0.4, -0.2) is 43.3 Å². The van der Waals surface area contributed by atoms with Crippen molar-refractivity contribution in [2.24, 2.45) is 0 Å². The number of nitrogens with one attached hydrogen (secondary N) is 1. The Morgan fingerprint density at radius 1 is 0.848 bits per heavy atom. The van der Waals surface area contributed by atoms with E-state index < -0.39 is 6.36 Å². The minimum absolute atomic E-state index is 0.00881. The predicted molar refractivity (Wildman–Crippen MR) is 121 cm³/mol. The molecule has 1 amide bonds. The van der Waals surface area contributed by atoms with Crippen LogP contribution < -0.4 is 15.0 Å². The zero-order valence-electron chi connectivity index (χ0n) is 17.9. The van der Waals surface area contributed by atoms with Crippen LogP contribution in [0.5, 0.6) is 5.75 Å². The van der Waals surface area contributed by atoms with Gasteiger partial charge in [0, 0.05) is 49.7 Å². The monoisotopic (exact) mass is 455 g/mol. The number of halogens is 3. The van der Waals surface area contributed by atoms with Crippen LogP contribution in [0.2, 0.25) is 0 Å². The SMILES string of the molecule is O=C(c1ccc(NCc2ccc(OC(F)(F)F)cc2)cc1)N1CCN(c2ccccc2)CC1. The van der Waals surface area contributed by atoms with Crippen molar-refractivity contribution in [3.63, 3.8) is 0 Å². The molecule has 0 saturated carbocycles. The van der Waals surface area contributed by atoms with Crippen LogP contribution in [0, 0.1) is 0 Å². The number of amides is 1. The topological polar surface area (TPSA) is 44.8 Å². The first-order valence-corrected chi connectivity index (χ1v) is 10.7. The second kappa shape index (κ2) is 9.85. The molecule has 1 N–H and O–H groups in total. The quantitative estimate of drug-likeness (QED) is 0.558. The Bertz CT molecular complexity index is 1050. The first kappa shape index (κ1) is 22.5. The molecule has 0 unspecified atom stereocenters. The van der Waals surface area contributed by atoms with Crippen LogP contribution in [0.1, 0.15) is 15.9 Å². The second-order valence-electron chi connectivity index (χ2n) is 7.74. The largest absolute Gasteiger partial charge is 0.573 e. The number of rotatable bonds is 6. The molecule has 1 aliphatic heterocycles. The van der Waals surface area contributed by atoms with Gasteiger partial charge in [-0.05, 0) is 54.1 Å². The molecule has 0 atom stereocenters. The van der Waals surface area contributed by atoms with Crippen LogP contribution in [0.4, 0.5) is 24.5 Å².